The van der Waals surface area contributed by atoms with Gasteiger partial charge in [-0.2, -0.15) is 0 Å². The van der Waals surface area contributed by atoms with Crippen molar-refractivity contribution < 1.29 is 24.1 Å². The second kappa shape index (κ2) is 5.29. The van der Waals surface area contributed by atoms with Crippen molar-refractivity contribution in [3.8, 4) is 0 Å². The molecular weight excluding hydrogens is 188 g/mol. The van der Waals surface area contributed by atoms with E-state index in [2.05, 4.69) is 0 Å². The molecule has 0 amide bonds. The topological polar surface area (TPSA) is 65.0 Å². The first-order valence-corrected chi connectivity index (χ1v) is 4.55. The summed E-state index contributed by atoms with van der Waals surface area (Å²) in [6.45, 7) is 0.675. The van der Waals surface area contributed by atoms with Gasteiger partial charge in [-0.25, -0.2) is 0 Å². The summed E-state index contributed by atoms with van der Waals surface area (Å²) >= 11 is 0. The number of aliphatic carboxylic acids is 1. The zero-order valence-corrected chi connectivity index (χ0v) is 8.43. The normalized spacial score (nSPS) is 32.9. The number of hydrogen-bond acceptors (Lipinski definition) is 4. The minimum atomic E-state index is -0.868. The number of rotatable bonds is 4. The van der Waals surface area contributed by atoms with E-state index < -0.39 is 11.9 Å². The smallest absolute Gasteiger partial charge is 0.311 e. The fourth-order valence-corrected chi connectivity index (χ4v) is 1.63. The Hall–Kier alpha value is -0.650. The Bertz CT molecular complexity index is 194. The largest absolute Gasteiger partial charge is 0.481 e. The maximum atomic E-state index is 10.8. The molecule has 5 heteroatoms. The molecule has 1 saturated heterocycles. The fraction of sp³-hybridized carbons (Fsp3) is 0.889. The molecule has 1 aliphatic rings. The molecule has 1 fully saturated rings. The molecule has 0 saturated carbocycles. The minimum absolute atomic E-state index is 0.0550. The van der Waals surface area contributed by atoms with Crippen LogP contribution in [0.25, 0.3) is 0 Å². The number of ether oxygens (including phenoxy) is 3. The molecule has 0 aliphatic carbocycles. The Kier molecular flexibility index (Phi) is 4.31. The molecule has 0 bridgehead atoms. The van der Waals surface area contributed by atoms with Gasteiger partial charge in [-0.1, -0.05) is 0 Å². The van der Waals surface area contributed by atoms with E-state index in [0.717, 1.165) is 0 Å². The quantitative estimate of drug-likeness (QED) is 0.705. The maximum Gasteiger partial charge on any atom is 0.311 e. The molecule has 14 heavy (non-hydrogen) atoms. The lowest BCUT2D eigenvalue weighted by Gasteiger charge is -2.32. The van der Waals surface area contributed by atoms with Crippen LogP contribution in [0, 0.1) is 5.92 Å². The van der Waals surface area contributed by atoms with E-state index in [1.165, 1.54) is 7.11 Å². The molecular formula is C9H16O5. The Morgan fingerprint density at radius 1 is 1.57 bits per heavy atom. The van der Waals surface area contributed by atoms with Crippen molar-refractivity contribution in [1.82, 2.24) is 0 Å². The van der Waals surface area contributed by atoms with Gasteiger partial charge in [0, 0.05) is 20.6 Å². The molecule has 0 spiro atoms. The van der Waals surface area contributed by atoms with E-state index >= 15 is 0 Å². The van der Waals surface area contributed by atoms with Crippen LogP contribution in [0.15, 0.2) is 0 Å². The summed E-state index contributed by atoms with van der Waals surface area (Å²) in [7, 11) is 3.12. The third kappa shape index (κ3) is 2.67. The zero-order chi connectivity index (χ0) is 10.6. The highest BCUT2D eigenvalue weighted by Gasteiger charge is 2.35. The third-order valence-corrected chi connectivity index (χ3v) is 2.43. The Morgan fingerprint density at radius 2 is 2.29 bits per heavy atom. The molecule has 0 radical (unpaired) electrons. The van der Waals surface area contributed by atoms with Crippen LogP contribution < -0.4 is 0 Å². The highest BCUT2D eigenvalue weighted by atomic mass is 16.5. The lowest BCUT2D eigenvalue weighted by atomic mass is 9.95. The lowest BCUT2D eigenvalue weighted by molar-refractivity contribution is -0.164. The number of methoxy groups -OCH3 is 2. The third-order valence-electron chi connectivity index (χ3n) is 2.43. The van der Waals surface area contributed by atoms with Crippen molar-refractivity contribution in [2.75, 3.05) is 27.4 Å². The summed E-state index contributed by atoms with van der Waals surface area (Å²) in [5.74, 6) is -1.43. The van der Waals surface area contributed by atoms with Crippen LogP contribution in [0.2, 0.25) is 0 Å². The second-order valence-corrected chi connectivity index (χ2v) is 3.37. The van der Waals surface area contributed by atoms with E-state index in [1.807, 2.05) is 0 Å². The van der Waals surface area contributed by atoms with Gasteiger partial charge in [0.2, 0.25) is 0 Å². The van der Waals surface area contributed by atoms with Crippen LogP contribution in [-0.2, 0) is 19.0 Å². The van der Waals surface area contributed by atoms with Gasteiger partial charge in [-0.05, 0) is 0 Å². The first kappa shape index (κ1) is 11.4. The van der Waals surface area contributed by atoms with Crippen LogP contribution in [0.4, 0.5) is 0 Å². The minimum Gasteiger partial charge on any atom is -0.481 e. The number of carboxylic acids is 1. The van der Waals surface area contributed by atoms with Gasteiger partial charge in [0.25, 0.3) is 0 Å². The predicted molar refractivity (Wildman–Crippen MR) is 48.2 cm³/mol. The number of carbonyl (C=O) groups is 1. The Balaban J connectivity index is 2.50. The molecule has 0 aromatic carbocycles. The van der Waals surface area contributed by atoms with Gasteiger partial charge in [-0.15, -0.1) is 0 Å². The van der Waals surface area contributed by atoms with Crippen LogP contribution in [0.1, 0.15) is 6.42 Å². The molecule has 0 aromatic rings. The molecule has 1 N–H and O–H groups in total. The SMILES string of the molecule is COCC1C[C@@H](OC)C(C(=O)O)CO1. The van der Waals surface area contributed by atoms with Gasteiger partial charge in [0.1, 0.15) is 5.92 Å². The number of carboxylic acid groups (broad SMARTS) is 1. The van der Waals surface area contributed by atoms with Crippen LogP contribution in [0.3, 0.4) is 0 Å². The molecule has 1 aliphatic heterocycles. The monoisotopic (exact) mass is 204 g/mol. The summed E-state index contributed by atoms with van der Waals surface area (Å²) in [5.41, 5.74) is 0. The van der Waals surface area contributed by atoms with E-state index in [0.29, 0.717) is 13.0 Å². The van der Waals surface area contributed by atoms with Gasteiger partial charge in [-0.3, -0.25) is 4.79 Å². The molecule has 82 valence electrons. The van der Waals surface area contributed by atoms with Gasteiger partial charge >= 0.3 is 5.97 Å². The van der Waals surface area contributed by atoms with E-state index in [1.54, 1.807) is 7.11 Å². The summed E-state index contributed by atoms with van der Waals surface area (Å²) in [6.07, 6.45) is 0.239. The van der Waals surface area contributed by atoms with E-state index in [9.17, 15) is 4.79 Å². The number of hydrogen-bond donors (Lipinski definition) is 1. The molecule has 5 nitrogen and oxygen atoms in total. The fourth-order valence-electron chi connectivity index (χ4n) is 1.63. The van der Waals surface area contributed by atoms with Crippen molar-refractivity contribution in [3.63, 3.8) is 0 Å². The molecule has 2 unspecified atom stereocenters. The summed E-state index contributed by atoms with van der Waals surface area (Å²) in [6, 6.07) is 0. The Labute approximate surface area is 82.9 Å². The second-order valence-electron chi connectivity index (χ2n) is 3.37. The molecule has 3 atom stereocenters. The van der Waals surface area contributed by atoms with Crippen LogP contribution in [0.5, 0.6) is 0 Å². The van der Waals surface area contributed by atoms with Crippen molar-refractivity contribution in [2.24, 2.45) is 5.92 Å². The predicted octanol–water partition coefficient (Wildman–Crippen LogP) is 0.137. The van der Waals surface area contributed by atoms with Crippen molar-refractivity contribution in [2.45, 2.75) is 18.6 Å². The highest BCUT2D eigenvalue weighted by Crippen LogP contribution is 2.22. The van der Waals surface area contributed by atoms with Gasteiger partial charge in [0.05, 0.1) is 25.4 Å². The highest BCUT2D eigenvalue weighted by molar-refractivity contribution is 5.71. The molecule has 1 heterocycles. The van der Waals surface area contributed by atoms with E-state index in [-0.39, 0.29) is 18.8 Å². The summed E-state index contributed by atoms with van der Waals surface area (Å²) < 4.78 is 15.4. The van der Waals surface area contributed by atoms with Gasteiger partial charge < -0.3 is 19.3 Å². The van der Waals surface area contributed by atoms with Crippen molar-refractivity contribution in [3.05, 3.63) is 0 Å². The van der Waals surface area contributed by atoms with Crippen molar-refractivity contribution in [1.29, 1.82) is 0 Å². The van der Waals surface area contributed by atoms with Crippen LogP contribution in [-0.4, -0.2) is 50.7 Å². The lowest BCUT2D eigenvalue weighted by Crippen LogP contribution is -2.43. The maximum absolute atomic E-state index is 10.8. The molecule has 0 aromatic heterocycles. The average Bonchev–Trinajstić information content (AvgIpc) is 2.17. The summed E-state index contributed by atoms with van der Waals surface area (Å²) in [4.78, 5) is 10.8. The first-order valence-electron chi connectivity index (χ1n) is 4.55. The van der Waals surface area contributed by atoms with E-state index in [4.69, 9.17) is 19.3 Å². The Morgan fingerprint density at radius 3 is 2.79 bits per heavy atom. The van der Waals surface area contributed by atoms with Crippen LogP contribution >= 0.6 is 0 Å². The summed E-state index contributed by atoms with van der Waals surface area (Å²) in [5, 5.41) is 8.86. The van der Waals surface area contributed by atoms with Crippen molar-refractivity contribution >= 4 is 5.97 Å². The standard InChI is InChI=1S/C9H16O5/c1-12-4-6-3-8(13-2)7(5-14-6)9(10)11/h6-8H,3-5H2,1-2H3,(H,10,11)/t6?,7?,8-/m1/s1. The van der Waals surface area contributed by atoms with Gasteiger partial charge in [0.15, 0.2) is 0 Å². The average molecular weight is 204 g/mol. The molecule has 1 rings (SSSR count). The first-order chi connectivity index (χ1) is 6.69. The zero-order valence-electron chi connectivity index (χ0n) is 8.43.